The van der Waals surface area contributed by atoms with Crippen molar-refractivity contribution < 1.29 is 23.7 Å². The Kier molecular flexibility index (Phi) is 6.91. The third-order valence-corrected chi connectivity index (χ3v) is 8.67. The molecular formula is C34H33N4O4+. The van der Waals surface area contributed by atoms with Crippen LogP contribution in [0.15, 0.2) is 79.0 Å². The molecule has 3 aromatic carbocycles. The van der Waals surface area contributed by atoms with Crippen molar-refractivity contribution in [2.24, 2.45) is 0 Å². The summed E-state index contributed by atoms with van der Waals surface area (Å²) in [5, 5.41) is 0. The molecule has 3 aliphatic rings. The second-order valence-corrected chi connectivity index (χ2v) is 11.4. The first kappa shape index (κ1) is 26.3. The van der Waals surface area contributed by atoms with Gasteiger partial charge in [-0.15, -0.1) is 0 Å². The third-order valence-electron chi connectivity index (χ3n) is 8.67. The standard InChI is InChI=1S/C34H32N4O4/c39-26-13-14-29(31(40)17-26)38-20-28-27(34(38)41)7-4-8-32(28)42-22-24-11-9-23(10-12-24)19-36-15-16-37-30(18-35-33(37)21-36)25-5-2-1-3-6-25/h1-12,18,29H,13-17,19-22H2/p+1. The molecule has 1 unspecified atom stereocenters. The van der Waals surface area contributed by atoms with E-state index in [0.717, 1.165) is 37.3 Å². The lowest BCUT2D eigenvalue weighted by atomic mass is 9.92. The monoisotopic (exact) mass is 561 g/mol. The molecule has 42 heavy (non-hydrogen) atoms. The second kappa shape index (κ2) is 11.0. The Bertz CT molecular complexity index is 1660. The van der Waals surface area contributed by atoms with E-state index in [1.165, 1.54) is 22.6 Å². The Morgan fingerprint density at radius 2 is 1.71 bits per heavy atom. The number of ether oxygens (including phenoxy) is 1. The molecule has 212 valence electrons. The van der Waals surface area contributed by atoms with E-state index >= 15 is 0 Å². The summed E-state index contributed by atoms with van der Waals surface area (Å²) in [6.07, 6.45) is 2.77. The fourth-order valence-electron chi connectivity index (χ4n) is 6.42. The number of nitrogens with zero attached hydrogens (tertiary/aromatic N) is 3. The van der Waals surface area contributed by atoms with Crippen LogP contribution < -0.4 is 9.30 Å². The van der Waals surface area contributed by atoms with Crippen molar-refractivity contribution in [1.82, 2.24) is 14.8 Å². The van der Waals surface area contributed by atoms with Crippen molar-refractivity contribution in [3.8, 4) is 17.0 Å². The second-order valence-electron chi connectivity index (χ2n) is 11.4. The van der Waals surface area contributed by atoms with Crippen LogP contribution in [0.2, 0.25) is 0 Å². The number of fused-ring (bicyclic) bond motifs is 2. The van der Waals surface area contributed by atoms with Gasteiger partial charge in [0.15, 0.2) is 11.5 Å². The van der Waals surface area contributed by atoms with Crippen molar-refractivity contribution in [2.45, 2.75) is 58.1 Å². The maximum atomic E-state index is 13.1. The lowest BCUT2D eigenvalue weighted by Gasteiger charge is -2.29. The van der Waals surface area contributed by atoms with Gasteiger partial charge in [0.1, 0.15) is 37.4 Å². The predicted molar refractivity (Wildman–Crippen MR) is 155 cm³/mol. The summed E-state index contributed by atoms with van der Waals surface area (Å²) in [6, 6.07) is 24.0. The number of aromatic amines is 1. The molecule has 4 aromatic rings. The van der Waals surface area contributed by atoms with Crippen LogP contribution >= 0.6 is 0 Å². The molecule has 1 saturated carbocycles. The Balaban J connectivity index is 0.967. The maximum absolute atomic E-state index is 13.1. The fourth-order valence-corrected chi connectivity index (χ4v) is 6.42. The van der Waals surface area contributed by atoms with Gasteiger partial charge in [-0.2, -0.15) is 0 Å². The van der Waals surface area contributed by atoms with Crippen molar-refractivity contribution in [1.29, 1.82) is 0 Å². The van der Waals surface area contributed by atoms with Gasteiger partial charge in [0.25, 0.3) is 11.7 Å². The summed E-state index contributed by atoms with van der Waals surface area (Å²) in [6.45, 7) is 4.39. The van der Waals surface area contributed by atoms with Crippen molar-refractivity contribution in [3.05, 3.63) is 107 Å². The van der Waals surface area contributed by atoms with Crippen molar-refractivity contribution >= 4 is 17.5 Å². The van der Waals surface area contributed by atoms with Crippen LogP contribution in [0, 0.1) is 0 Å². The van der Waals surface area contributed by atoms with E-state index < -0.39 is 6.04 Å². The molecule has 0 spiro atoms. The van der Waals surface area contributed by atoms with E-state index in [-0.39, 0.29) is 23.9 Å². The minimum atomic E-state index is -0.531. The number of benzene rings is 3. The molecule has 1 aliphatic carbocycles. The predicted octanol–water partition coefficient (Wildman–Crippen LogP) is 4.21. The molecule has 1 N–H and O–H groups in total. The Morgan fingerprint density at radius 3 is 2.52 bits per heavy atom. The lowest BCUT2D eigenvalue weighted by molar-refractivity contribution is -0.700. The van der Waals surface area contributed by atoms with Gasteiger partial charge < -0.3 is 9.64 Å². The van der Waals surface area contributed by atoms with Gasteiger partial charge in [0.2, 0.25) is 0 Å². The lowest BCUT2D eigenvalue weighted by Crippen LogP contribution is -2.50. The van der Waals surface area contributed by atoms with Gasteiger partial charge >= 0.3 is 0 Å². The molecular weight excluding hydrogens is 528 g/mol. The number of hydrogen-bond donors (Lipinski definition) is 1. The molecule has 8 heteroatoms. The van der Waals surface area contributed by atoms with Crippen molar-refractivity contribution in [3.63, 3.8) is 0 Å². The van der Waals surface area contributed by atoms with Crippen LogP contribution in [0.3, 0.4) is 0 Å². The van der Waals surface area contributed by atoms with E-state index in [9.17, 15) is 14.4 Å². The highest BCUT2D eigenvalue weighted by molar-refractivity contribution is 6.07. The van der Waals surface area contributed by atoms with Crippen LogP contribution in [0.1, 0.15) is 52.1 Å². The zero-order valence-electron chi connectivity index (χ0n) is 23.4. The summed E-state index contributed by atoms with van der Waals surface area (Å²) in [5.41, 5.74) is 6.15. The number of Topliss-reactive ketones (excluding diaryl/α,β-unsaturated/α-hetero) is 2. The average molecular weight is 562 g/mol. The minimum absolute atomic E-state index is 0.0440. The number of amides is 1. The number of aromatic nitrogens is 2. The van der Waals surface area contributed by atoms with Gasteiger partial charge in [0, 0.05) is 36.2 Å². The van der Waals surface area contributed by atoms with Gasteiger partial charge in [-0.1, -0.05) is 60.7 Å². The first-order chi connectivity index (χ1) is 20.5. The van der Waals surface area contributed by atoms with E-state index in [4.69, 9.17) is 4.74 Å². The summed E-state index contributed by atoms with van der Waals surface area (Å²) in [7, 11) is 0. The molecule has 2 aliphatic heterocycles. The van der Waals surface area contributed by atoms with E-state index in [0.29, 0.717) is 37.3 Å². The van der Waals surface area contributed by atoms with E-state index in [1.54, 1.807) is 11.0 Å². The SMILES string of the molecule is O=C1CCC(N2Cc3c(OCc4ccc(CN5CC[n+]6c(-c7ccccc7)c[nH]c6C5)cc4)cccc3C2=O)C(=O)C1. The third kappa shape index (κ3) is 5.03. The fraction of sp³-hybridized carbons (Fsp3) is 0.294. The Labute approximate surface area is 244 Å². The Hall–Kier alpha value is -4.56. The first-order valence-corrected chi connectivity index (χ1v) is 14.6. The zero-order chi connectivity index (χ0) is 28.6. The topological polar surface area (TPSA) is 86.6 Å². The minimum Gasteiger partial charge on any atom is -0.489 e. The normalized spacial score (nSPS) is 18.7. The van der Waals surface area contributed by atoms with Crippen LogP contribution in [0.5, 0.6) is 5.75 Å². The number of hydrogen-bond acceptors (Lipinski definition) is 5. The number of carbonyl (C=O) groups excluding carboxylic acids is 3. The molecule has 1 amide bonds. The van der Waals surface area contributed by atoms with Gasteiger partial charge in [-0.25, -0.2) is 9.55 Å². The van der Waals surface area contributed by atoms with Gasteiger partial charge in [-0.3, -0.25) is 19.3 Å². The van der Waals surface area contributed by atoms with Gasteiger partial charge in [-0.05, 0) is 29.7 Å². The molecule has 7 rings (SSSR count). The molecule has 8 nitrogen and oxygen atoms in total. The highest BCUT2D eigenvalue weighted by Gasteiger charge is 2.40. The molecule has 0 radical (unpaired) electrons. The smallest absolute Gasteiger partial charge is 0.269 e. The molecule has 1 atom stereocenters. The van der Waals surface area contributed by atoms with Gasteiger partial charge in [0.05, 0.1) is 19.0 Å². The quantitative estimate of drug-likeness (QED) is 0.270. The number of H-pyrrole nitrogens is 1. The van der Waals surface area contributed by atoms with Crippen LogP contribution in [-0.2, 0) is 42.4 Å². The zero-order valence-corrected chi connectivity index (χ0v) is 23.4. The highest BCUT2D eigenvalue weighted by Crippen LogP contribution is 2.34. The van der Waals surface area contributed by atoms with Crippen LogP contribution in [0.25, 0.3) is 11.3 Å². The largest absolute Gasteiger partial charge is 0.489 e. The number of nitrogens with one attached hydrogen (secondary N) is 1. The summed E-state index contributed by atoms with van der Waals surface area (Å²) in [4.78, 5) is 44.8. The summed E-state index contributed by atoms with van der Waals surface area (Å²) in [5.74, 6) is 1.51. The summed E-state index contributed by atoms with van der Waals surface area (Å²) >= 11 is 0. The average Bonchev–Trinajstić information content (AvgIpc) is 3.58. The summed E-state index contributed by atoms with van der Waals surface area (Å²) < 4.78 is 8.58. The Morgan fingerprint density at radius 1 is 0.905 bits per heavy atom. The maximum Gasteiger partial charge on any atom is 0.269 e. The molecule has 1 fully saturated rings. The molecule has 0 bridgehead atoms. The molecule has 3 heterocycles. The van der Waals surface area contributed by atoms with Crippen molar-refractivity contribution in [2.75, 3.05) is 6.54 Å². The van der Waals surface area contributed by atoms with E-state index in [2.05, 4.69) is 69.2 Å². The highest BCUT2D eigenvalue weighted by atomic mass is 16.5. The van der Waals surface area contributed by atoms with Crippen LogP contribution in [0.4, 0.5) is 0 Å². The van der Waals surface area contributed by atoms with E-state index in [1.807, 2.05) is 18.2 Å². The molecule has 1 aromatic heterocycles. The number of imidazole rings is 1. The number of carbonyl (C=O) groups is 3. The first-order valence-electron chi connectivity index (χ1n) is 14.6. The number of rotatable bonds is 7. The van der Waals surface area contributed by atoms with Crippen LogP contribution in [-0.4, -0.2) is 44.8 Å². The number of ketones is 2. The molecule has 0 saturated heterocycles.